The molecule has 3 rings (SSSR count). The summed E-state index contributed by atoms with van der Waals surface area (Å²) in [6, 6.07) is 13.4. The first-order chi connectivity index (χ1) is 13.0. The summed E-state index contributed by atoms with van der Waals surface area (Å²) in [5, 5.41) is 0. The lowest BCUT2D eigenvalue weighted by molar-refractivity contribution is 0.765. The summed E-state index contributed by atoms with van der Waals surface area (Å²) in [4.78, 5) is 0. The van der Waals surface area contributed by atoms with Crippen LogP contribution in [0.15, 0.2) is 110 Å². The molecular weight excluding hydrogens is 324 g/mol. The fourth-order valence-corrected chi connectivity index (χ4v) is 4.29. The van der Waals surface area contributed by atoms with Gasteiger partial charge in [0.1, 0.15) is 0 Å². The molecule has 0 saturated carbocycles. The van der Waals surface area contributed by atoms with Gasteiger partial charge in [0.25, 0.3) is 0 Å². The molecule has 0 N–H and O–H groups in total. The third-order valence-electron chi connectivity index (χ3n) is 5.35. The molecule has 0 bridgehead atoms. The van der Waals surface area contributed by atoms with Gasteiger partial charge >= 0.3 is 0 Å². The summed E-state index contributed by atoms with van der Waals surface area (Å²) in [6.07, 6.45) is 11.6. The van der Waals surface area contributed by atoms with E-state index in [1.54, 1.807) is 0 Å². The van der Waals surface area contributed by atoms with Crippen LogP contribution in [0.4, 0.5) is 0 Å². The number of rotatable bonds is 6. The second-order valence-electron chi connectivity index (χ2n) is 6.97. The summed E-state index contributed by atoms with van der Waals surface area (Å²) in [6.45, 7) is 20.4. The predicted molar refractivity (Wildman–Crippen MR) is 119 cm³/mol. The number of aryl methyl sites for hydroxylation is 2. The largest absolute Gasteiger partial charge is 0.0991 e. The Morgan fingerprint density at radius 3 is 1.44 bits per heavy atom. The molecule has 0 amide bonds. The Hall–Kier alpha value is -3.12. The van der Waals surface area contributed by atoms with Gasteiger partial charge < -0.3 is 0 Å². The van der Waals surface area contributed by atoms with Crippen LogP contribution in [0.5, 0.6) is 0 Å². The van der Waals surface area contributed by atoms with Crippen molar-refractivity contribution in [3.8, 4) is 11.1 Å². The predicted octanol–water partition coefficient (Wildman–Crippen LogP) is 7.17. The van der Waals surface area contributed by atoms with Crippen molar-refractivity contribution in [3.05, 3.63) is 133 Å². The van der Waals surface area contributed by atoms with E-state index in [1.807, 2.05) is 24.3 Å². The zero-order valence-electron chi connectivity index (χ0n) is 16.3. The highest BCUT2D eigenvalue weighted by Gasteiger charge is 2.46. The maximum Gasteiger partial charge on any atom is 0.0713 e. The molecule has 0 saturated heterocycles. The number of benzene rings is 2. The molecule has 2 aromatic rings. The Kier molecular flexibility index (Phi) is 5.01. The van der Waals surface area contributed by atoms with Crippen molar-refractivity contribution in [3.63, 3.8) is 0 Å². The van der Waals surface area contributed by atoms with Crippen molar-refractivity contribution >= 4 is 0 Å². The van der Waals surface area contributed by atoms with Crippen LogP contribution in [-0.2, 0) is 5.41 Å². The second-order valence-corrected chi connectivity index (χ2v) is 6.97. The summed E-state index contributed by atoms with van der Waals surface area (Å²) >= 11 is 0. The lowest BCUT2D eigenvalue weighted by atomic mass is 9.66. The van der Waals surface area contributed by atoms with Gasteiger partial charge in [0.15, 0.2) is 0 Å². The monoisotopic (exact) mass is 350 g/mol. The molecule has 0 heterocycles. The lowest BCUT2D eigenvalue weighted by Crippen LogP contribution is -2.29. The van der Waals surface area contributed by atoms with E-state index in [4.69, 9.17) is 0 Å². The van der Waals surface area contributed by atoms with E-state index in [0.717, 1.165) is 11.1 Å². The van der Waals surface area contributed by atoms with E-state index in [-0.39, 0.29) is 0 Å². The third kappa shape index (κ3) is 2.69. The number of hydrogen-bond acceptors (Lipinski definition) is 0. The minimum atomic E-state index is -0.478. The average Bonchev–Trinajstić information content (AvgIpc) is 2.93. The Balaban J connectivity index is 2.60. The first-order valence-corrected chi connectivity index (χ1v) is 9.18. The van der Waals surface area contributed by atoms with Gasteiger partial charge in [-0.25, -0.2) is 0 Å². The number of fused-ring (bicyclic) bond motifs is 3. The van der Waals surface area contributed by atoms with Crippen LogP contribution in [0.1, 0.15) is 22.3 Å². The second kappa shape index (κ2) is 7.25. The van der Waals surface area contributed by atoms with Crippen molar-refractivity contribution in [1.29, 1.82) is 0 Å². The summed E-state index contributed by atoms with van der Waals surface area (Å²) in [7, 11) is 0. The molecule has 0 nitrogen and oxygen atoms in total. The van der Waals surface area contributed by atoms with Gasteiger partial charge in [-0.2, -0.15) is 0 Å². The molecular formula is C27H26. The molecule has 0 spiro atoms. The summed E-state index contributed by atoms with van der Waals surface area (Å²) in [5.74, 6) is 0. The quantitative estimate of drug-likeness (QED) is 0.485. The summed E-state index contributed by atoms with van der Waals surface area (Å²) < 4.78 is 0. The van der Waals surface area contributed by atoms with Gasteiger partial charge in [-0.15, -0.1) is 0 Å². The Morgan fingerprint density at radius 1 is 0.704 bits per heavy atom. The molecule has 0 fully saturated rings. The summed E-state index contributed by atoms with van der Waals surface area (Å²) in [5.41, 5.74) is 9.16. The molecule has 0 radical (unpaired) electrons. The minimum absolute atomic E-state index is 0.478. The highest BCUT2D eigenvalue weighted by Crippen LogP contribution is 2.57. The van der Waals surface area contributed by atoms with Gasteiger partial charge in [0, 0.05) is 0 Å². The van der Waals surface area contributed by atoms with Gasteiger partial charge in [0.2, 0.25) is 0 Å². The van der Waals surface area contributed by atoms with E-state index >= 15 is 0 Å². The Bertz CT molecular complexity index is 925. The molecule has 1 aliphatic rings. The van der Waals surface area contributed by atoms with E-state index in [2.05, 4.69) is 88.7 Å². The van der Waals surface area contributed by atoms with Gasteiger partial charge in [-0.05, 0) is 47.2 Å². The average molecular weight is 351 g/mol. The first-order valence-electron chi connectivity index (χ1n) is 9.18. The van der Waals surface area contributed by atoms with Crippen LogP contribution >= 0.6 is 0 Å². The maximum atomic E-state index is 4.13. The van der Waals surface area contributed by atoms with E-state index in [0.29, 0.717) is 0 Å². The van der Waals surface area contributed by atoms with Crippen molar-refractivity contribution in [1.82, 2.24) is 0 Å². The van der Waals surface area contributed by atoms with E-state index in [9.17, 15) is 0 Å². The van der Waals surface area contributed by atoms with Gasteiger partial charge in [-0.1, -0.05) is 110 Å². The zero-order valence-corrected chi connectivity index (χ0v) is 16.3. The lowest BCUT2D eigenvalue weighted by Gasteiger charge is -2.35. The molecule has 0 atom stereocenters. The van der Waals surface area contributed by atoms with E-state index in [1.165, 1.54) is 33.4 Å². The molecule has 1 aliphatic carbocycles. The standard InChI is InChI=1S/C27H26/c1-7-11-21(9-3)27(22(10-4)12-8-2)25-17-19(5)13-15-23(25)24-16-14-20(6)18-26(24)27/h7-18H,1-4H2,5-6H3/b21-11+,22-12+. The first kappa shape index (κ1) is 18.7. The topological polar surface area (TPSA) is 0 Å². The fraction of sp³-hybridized carbons (Fsp3) is 0.111. The van der Waals surface area contributed by atoms with Gasteiger partial charge in [0.05, 0.1) is 5.41 Å². The highest BCUT2D eigenvalue weighted by molar-refractivity contribution is 5.87. The minimum Gasteiger partial charge on any atom is -0.0991 e. The van der Waals surface area contributed by atoms with E-state index < -0.39 is 5.41 Å². The SMILES string of the molecule is C=C/C=C(\C=C)C1(/C(C=C)=C/C=C)c2cc(C)ccc2-c2ccc(C)cc21. The Morgan fingerprint density at radius 2 is 1.11 bits per heavy atom. The number of allylic oxidation sites excluding steroid dienone is 8. The van der Waals surface area contributed by atoms with Crippen LogP contribution in [0.3, 0.4) is 0 Å². The molecule has 0 heteroatoms. The van der Waals surface area contributed by atoms with Crippen LogP contribution in [0, 0.1) is 13.8 Å². The molecule has 0 unspecified atom stereocenters. The van der Waals surface area contributed by atoms with Crippen LogP contribution in [-0.4, -0.2) is 0 Å². The van der Waals surface area contributed by atoms with Crippen LogP contribution in [0.2, 0.25) is 0 Å². The molecule has 0 aromatic heterocycles. The molecule has 0 aliphatic heterocycles. The van der Waals surface area contributed by atoms with Crippen molar-refractivity contribution < 1.29 is 0 Å². The van der Waals surface area contributed by atoms with Crippen molar-refractivity contribution in [2.75, 3.05) is 0 Å². The normalized spacial score (nSPS) is 14.9. The molecule has 27 heavy (non-hydrogen) atoms. The number of hydrogen-bond donors (Lipinski definition) is 0. The van der Waals surface area contributed by atoms with Gasteiger partial charge in [-0.3, -0.25) is 0 Å². The Labute approximate surface area is 163 Å². The zero-order chi connectivity index (χ0) is 19.6. The maximum absolute atomic E-state index is 4.13. The fourth-order valence-electron chi connectivity index (χ4n) is 4.29. The molecule has 134 valence electrons. The third-order valence-corrected chi connectivity index (χ3v) is 5.35. The highest BCUT2D eigenvalue weighted by atomic mass is 14.5. The smallest absolute Gasteiger partial charge is 0.0713 e. The van der Waals surface area contributed by atoms with Crippen LogP contribution in [0.25, 0.3) is 11.1 Å². The molecule has 2 aromatic carbocycles. The van der Waals surface area contributed by atoms with Crippen molar-refractivity contribution in [2.45, 2.75) is 19.3 Å². The van der Waals surface area contributed by atoms with Crippen molar-refractivity contribution in [2.24, 2.45) is 0 Å². The van der Waals surface area contributed by atoms with Crippen LogP contribution < -0.4 is 0 Å².